The Hall–Kier alpha value is -4.04. The number of rotatable bonds is 4. The largest absolute Gasteiger partial charge is 0.273 e. The molecular weight excluding hydrogens is 410 g/mol. The second-order valence-electron chi connectivity index (χ2n) is 7.86. The van der Waals surface area contributed by atoms with Gasteiger partial charge in [-0.15, -0.1) is 0 Å². The van der Waals surface area contributed by atoms with E-state index in [1.807, 2.05) is 43.3 Å². The van der Waals surface area contributed by atoms with Crippen LogP contribution in [0.3, 0.4) is 0 Å². The summed E-state index contributed by atoms with van der Waals surface area (Å²) in [4.78, 5) is 44.8. The Morgan fingerprint density at radius 2 is 1.59 bits per heavy atom. The van der Waals surface area contributed by atoms with Gasteiger partial charge in [-0.2, -0.15) is 0 Å². The van der Waals surface area contributed by atoms with Crippen LogP contribution in [-0.4, -0.2) is 22.8 Å². The van der Waals surface area contributed by atoms with Gasteiger partial charge >= 0.3 is 0 Å². The van der Waals surface area contributed by atoms with Crippen molar-refractivity contribution < 1.29 is 19.3 Å². The number of nitro benzene ring substituents is 1. The Kier molecular flexibility index (Phi) is 4.71. The SMILES string of the molecule is Cc1cccc(N2C(=O)[C@@H]3[C@@H](c4ccccc4)N(c4cccc([N+](=O)[O-])c4)O[C@H]3C2=O)c1. The minimum atomic E-state index is -1.02. The fourth-order valence-corrected chi connectivity index (χ4v) is 4.39. The van der Waals surface area contributed by atoms with Crippen LogP contribution in [0, 0.1) is 23.0 Å². The Labute approximate surface area is 183 Å². The fourth-order valence-electron chi connectivity index (χ4n) is 4.39. The van der Waals surface area contributed by atoms with Crippen LogP contribution in [0.5, 0.6) is 0 Å². The highest BCUT2D eigenvalue weighted by Gasteiger charge is 2.60. The second kappa shape index (κ2) is 7.58. The number of hydrogen-bond acceptors (Lipinski definition) is 6. The van der Waals surface area contributed by atoms with Gasteiger partial charge in [-0.05, 0) is 36.2 Å². The predicted octanol–water partition coefficient (Wildman–Crippen LogP) is 3.95. The maximum absolute atomic E-state index is 13.5. The first-order chi connectivity index (χ1) is 15.5. The molecule has 0 saturated carbocycles. The van der Waals surface area contributed by atoms with Crippen LogP contribution in [0.2, 0.25) is 0 Å². The molecule has 0 spiro atoms. The Morgan fingerprint density at radius 1 is 0.875 bits per heavy atom. The molecule has 5 rings (SSSR count). The summed E-state index contributed by atoms with van der Waals surface area (Å²) < 4.78 is 0. The summed E-state index contributed by atoms with van der Waals surface area (Å²) in [5.74, 6) is -1.59. The molecule has 3 atom stereocenters. The molecule has 8 heteroatoms. The highest BCUT2D eigenvalue weighted by Crippen LogP contribution is 2.47. The number of benzene rings is 3. The second-order valence-corrected chi connectivity index (χ2v) is 7.86. The molecule has 8 nitrogen and oxygen atoms in total. The summed E-state index contributed by atoms with van der Waals surface area (Å²) in [6.45, 7) is 1.89. The van der Waals surface area contributed by atoms with Gasteiger partial charge in [-0.1, -0.05) is 48.5 Å². The minimum Gasteiger partial charge on any atom is -0.273 e. The number of nitro groups is 1. The third kappa shape index (κ3) is 3.12. The zero-order valence-corrected chi connectivity index (χ0v) is 17.1. The number of aryl methyl sites for hydroxylation is 1. The van der Waals surface area contributed by atoms with Gasteiger partial charge in [0.2, 0.25) is 5.91 Å². The molecular formula is C24H19N3O5. The normalized spacial score (nSPS) is 22.3. The molecule has 0 unspecified atom stereocenters. The van der Waals surface area contributed by atoms with Crippen LogP contribution in [0.25, 0.3) is 0 Å². The van der Waals surface area contributed by atoms with Gasteiger partial charge in [0.05, 0.1) is 22.3 Å². The van der Waals surface area contributed by atoms with E-state index in [2.05, 4.69) is 0 Å². The number of imide groups is 1. The average Bonchev–Trinajstić information content (AvgIpc) is 3.30. The van der Waals surface area contributed by atoms with Crippen molar-refractivity contribution in [2.75, 3.05) is 9.96 Å². The Balaban J connectivity index is 1.59. The molecule has 0 N–H and O–H groups in total. The molecule has 2 saturated heterocycles. The average molecular weight is 429 g/mol. The van der Waals surface area contributed by atoms with Crippen LogP contribution in [0.4, 0.5) is 17.1 Å². The van der Waals surface area contributed by atoms with Crippen molar-refractivity contribution in [2.45, 2.75) is 19.1 Å². The third-order valence-corrected chi connectivity index (χ3v) is 5.81. The molecule has 32 heavy (non-hydrogen) atoms. The van der Waals surface area contributed by atoms with Crippen molar-refractivity contribution in [3.63, 3.8) is 0 Å². The summed E-state index contributed by atoms with van der Waals surface area (Å²) in [6.07, 6.45) is -1.02. The maximum atomic E-state index is 13.5. The van der Waals surface area contributed by atoms with E-state index in [0.29, 0.717) is 11.4 Å². The lowest BCUT2D eigenvalue weighted by Crippen LogP contribution is -2.37. The lowest BCUT2D eigenvalue weighted by atomic mass is 9.90. The number of hydroxylamine groups is 1. The molecule has 0 aromatic heterocycles. The van der Waals surface area contributed by atoms with Crippen molar-refractivity contribution >= 4 is 28.9 Å². The molecule has 3 aromatic rings. The number of carbonyl (C=O) groups excluding carboxylic acids is 2. The summed E-state index contributed by atoms with van der Waals surface area (Å²) in [7, 11) is 0. The van der Waals surface area contributed by atoms with Gasteiger partial charge in [0, 0.05) is 12.1 Å². The Morgan fingerprint density at radius 3 is 2.31 bits per heavy atom. The van der Waals surface area contributed by atoms with Gasteiger partial charge in [-0.25, -0.2) is 9.96 Å². The number of nitrogens with zero attached hydrogens (tertiary/aromatic N) is 3. The van der Waals surface area contributed by atoms with E-state index in [-0.39, 0.29) is 11.6 Å². The molecule has 2 amide bonds. The van der Waals surface area contributed by atoms with Gasteiger partial charge in [-0.3, -0.25) is 24.5 Å². The monoisotopic (exact) mass is 429 g/mol. The first-order valence-electron chi connectivity index (χ1n) is 10.2. The van der Waals surface area contributed by atoms with Gasteiger partial charge in [0.1, 0.15) is 5.92 Å². The Bertz CT molecular complexity index is 1230. The molecule has 2 fully saturated rings. The van der Waals surface area contributed by atoms with Crippen LogP contribution in [0.1, 0.15) is 17.2 Å². The third-order valence-electron chi connectivity index (χ3n) is 5.81. The number of carbonyl (C=O) groups is 2. The van der Waals surface area contributed by atoms with Crippen molar-refractivity contribution in [1.29, 1.82) is 0 Å². The number of amides is 2. The first-order valence-corrected chi connectivity index (χ1v) is 10.2. The molecule has 2 aliphatic heterocycles. The van der Waals surface area contributed by atoms with E-state index in [0.717, 1.165) is 11.1 Å². The van der Waals surface area contributed by atoms with Gasteiger partial charge < -0.3 is 0 Å². The molecule has 0 radical (unpaired) electrons. The highest BCUT2D eigenvalue weighted by molar-refractivity contribution is 6.24. The van der Waals surface area contributed by atoms with E-state index in [1.165, 1.54) is 22.1 Å². The molecule has 2 aliphatic rings. The summed E-state index contributed by atoms with van der Waals surface area (Å²) in [5.41, 5.74) is 2.52. The number of non-ortho nitro benzene ring substituents is 1. The van der Waals surface area contributed by atoms with Crippen molar-refractivity contribution in [3.8, 4) is 0 Å². The molecule has 3 aromatic carbocycles. The smallest absolute Gasteiger partial charge is 0.271 e. The van der Waals surface area contributed by atoms with Crippen LogP contribution in [0.15, 0.2) is 78.9 Å². The topological polar surface area (TPSA) is 93.0 Å². The van der Waals surface area contributed by atoms with Gasteiger partial charge in [0.25, 0.3) is 11.6 Å². The van der Waals surface area contributed by atoms with Gasteiger partial charge in [0.15, 0.2) is 6.10 Å². The standard InChI is InChI=1S/C24H19N3O5/c1-15-7-5-10-17(13-15)25-23(28)20-21(16-8-3-2-4-9-16)26(32-22(20)24(25)29)18-11-6-12-19(14-18)27(30)31/h2-14,20-22H,1H3/t20-,21-,22-/m1/s1. The fraction of sp³-hybridized carbons (Fsp3) is 0.167. The highest BCUT2D eigenvalue weighted by atomic mass is 16.7. The quantitative estimate of drug-likeness (QED) is 0.354. The van der Waals surface area contributed by atoms with E-state index in [1.54, 1.807) is 30.3 Å². The number of anilines is 2. The summed E-state index contributed by atoms with van der Waals surface area (Å²) in [6, 6.07) is 21.8. The minimum absolute atomic E-state index is 0.103. The lowest BCUT2D eigenvalue weighted by Gasteiger charge is -2.28. The predicted molar refractivity (Wildman–Crippen MR) is 117 cm³/mol. The van der Waals surface area contributed by atoms with Crippen molar-refractivity contribution in [3.05, 3.63) is 100 Å². The lowest BCUT2D eigenvalue weighted by molar-refractivity contribution is -0.384. The van der Waals surface area contributed by atoms with E-state index >= 15 is 0 Å². The molecule has 0 aliphatic carbocycles. The van der Waals surface area contributed by atoms with Crippen LogP contribution in [-0.2, 0) is 14.4 Å². The number of hydrogen-bond donors (Lipinski definition) is 0. The summed E-state index contributed by atoms with van der Waals surface area (Å²) in [5, 5.41) is 12.7. The van der Waals surface area contributed by atoms with Crippen molar-refractivity contribution in [1.82, 2.24) is 0 Å². The molecule has 0 bridgehead atoms. The number of fused-ring (bicyclic) bond motifs is 1. The zero-order chi connectivity index (χ0) is 22.4. The van der Waals surface area contributed by atoms with E-state index < -0.39 is 28.9 Å². The summed E-state index contributed by atoms with van der Waals surface area (Å²) >= 11 is 0. The first kappa shape index (κ1) is 19.9. The molecule has 2 heterocycles. The van der Waals surface area contributed by atoms with Crippen LogP contribution >= 0.6 is 0 Å². The van der Waals surface area contributed by atoms with E-state index in [4.69, 9.17) is 4.84 Å². The zero-order valence-electron chi connectivity index (χ0n) is 17.1. The molecule has 160 valence electrons. The van der Waals surface area contributed by atoms with Crippen molar-refractivity contribution in [2.24, 2.45) is 5.92 Å². The van der Waals surface area contributed by atoms with Crippen LogP contribution < -0.4 is 9.96 Å². The van der Waals surface area contributed by atoms with E-state index in [9.17, 15) is 19.7 Å². The maximum Gasteiger partial charge on any atom is 0.271 e.